The number of halogens is 3. The molecule has 0 radical (unpaired) electrons. The van der Waals surface area contributed by atoms with E-state index in [4.69, 9.17) is 0 Å². The molecule has 18 heavy (non-hydrogen) atoms. The fourth-order valence-electron chi connectivity index (χ4n) is 1.05. The molecule has 0 aliphatic rings. The van der Waals surface area contributed by atoms with Crippen molar-refractivity contribution in [2.24, 2.45) is 0 Å². The van der Waals surface area contributed by atoms with Crippen LogP contribution in [-0.2, 0) is 6.54 Å². The van der Waals surface area contributed by atoms with E-state index in [1.54, 1.807) is 0 Å². The zero-order valence-electron chi connectivity index (χ0n) is 10.5. The number of nitrogens with zero attached hydrogens (tertiary/aromatic N) is 2. The Kier molecular flexibility index (Phi) is 4.89. The molecule has 0 spiro atoms. The number of aromatic nitrogens is 2. The van der Waals surface area contributed by atoms with E-state index in [-0.39, 0.29) is 5.88 Å². The minimum atomic E-state index is -4.40. The molecule has 1 unspecified atom stereocenters. The largest absolute Gasteiger partial charge is 0.464 e. The summed E-state index contributed by atoms with van der Waals surface area (Å²) in [6.07, 6.45) is -3.71. The van der Waals surface area contributed by atoms with Gasteiger partial charge >= 0.3 is 6.18 Å². The van der Waals surface area contributed by atoms with Crippen molar-refractivity contribution in [3.63, 3.8) is 0 Å². The Hall–Kier alpha value is -1.37. The monoisotopic (exact) mass is 263 g/mol. The number of hydrogen-bond donors (Lipinski definition) is 1. The minimum Gasteiger partial charge on any atom is -0.464 e. The van der Waals surface area contributed by atoms with Crippen molar-refractivity contribution in [2.75, 3.05) is 0 Å². The summed E-state index contributed by atoms with van der Waals surface area (Å²) in [5, 5.41) is 3.12. The molecule has 0 bridgehead atoms. The molecule has 1 atom stereocenters. The van der Waals surface area contributed by atoms with Gasteiger partial charge in [-0.3, -0.25) is 4.98 Å². The zero-order chi connectivity index (χ0) is 13.8. The second-order valence-electron chi connectivity index (χ2n) is 4.18. The third-order valence-electron chi connectivity index (χ3n) is 2.13. The van der Waals surface area contributed by atoms with Crippen LogP contribution in [0.25, 0.3) is 0 Å². The highest BCUT2D eigenvalue weighted by atomic mass is 19.4. The van der Waals surface area contributed by atoms with Crippen molar-refractivity contribution in [2.45, 2.75) is 45.6 Å². The molecule has 1 rings (SSSR count). The third-order valence-corrected chi connectivity index (χ3v) is 2.13. The molecule has 1 N–H and O–H groups in total. The van der Waals surface area contributed by atoms with E-state index in [9.17, 15) is 13.2 Å². The molecule has 1 heterocycles. The first kappa shape index (κ1) is 14.7. The third kappa shape index (κ3) is 4.87. The molecular weight excluding hydrogens is 247 g/mol. The summed E-state index contributed by atoms with van der Waals surface area (Å²) in [5.41, 5.74) is 0.649. The molecule has 1 aromatic heterocycles. The van der Waals surface area contributed by atoms with Gasteiger partial charge in [-0.05, 0) is 6.92 Å². The van der Waals surface area contributed by atoms with Gasteiger partial charge in [0.15, 0.2) is 6.10 Å². The van der Waals surface area contributed by atoms with E-state index in [0.717, 1.165) is 6.92 Å². The van der Waals surface area contributed by atoms with Gasteiger partial charge in [-0.2, -0.15) is 13.2 Å². The lowest BCUT2D eigenvalue weighted by Gasteiger charge is -2.16. The van der Waals surface area contributed by atoms with Crippen LogP contribution in [0.4, 0.5) is 13.2 Å². The van der Waals surface area contributed by atoms with Crippen LogP contribution in [-0.4, -0.2) is 28.3 Å². The van der Waals surface area contributed by atoms with Crippen LogP contribution in [0.3, 0.4) is 0 Å². The summed E-state index contributed by atoms with van der Waals surface area (Å²) in [6.45, 7) is 5.40. The summed E-state index contributed by atoms with van der Waals surface area (Å²) in [6, 6.07) is 0.299. The van der Waals surface area contributed by atoms with E-state index >= 15 is 0 Å². The zero-order valence-corrected chi connectivity index (χ0v) is 10.5. The number of rotatable bonds is 5. The molecule has 102 valence electrons. The van der Waals surface area contributed by atoms with Gasteiger partial charge in [0.05, 0.1) is 18.1 Å². The van der Waals surface area contributed by atoms with Crippen LogP contribution in [0, 0.1) is 0 Å². The standard InChI is InChI=1S/C11H16F3N3O/c1-7(2)15-4-9-5-17-10(6-16-9)18-8(3)11(12,13)14/h5-8,15H,4H2,1-3H3. The molecule has 0 aliphatic heterocycles. The van der Waals surface area contributed by atoms with Gasteiger partial charge in [-0.25, -0.2) is 4.98 Å². The fraction of sp³-hybridized carbons (Fsp3) is 0.636. The topological polar surface area (TPSA) is 47.0 Å². The van der Waals surface area contributed by atoms with Crippen LogP contribution < -0.4 is 10.1 Å². The molecule has 7 heteroatoms. The van der Waals surface area contributed by atoms with E-state index in [0.29, 0.717) is 18.3 Å². The second kappa shape index (κ2) is 5.99. The molecule has 0 amide bonds. The van der Waals surface area contributed by atoms with E-state index in [1.165, 1.54) is 12.4 Å². The highest BCUT2D eigenvalue weighted by Crippen LogP contribution is 2.23. The number of hydrogen-bond acceptors (Lipinski definition) is 4. The average Bonchev–Trinajstić information content (AvgIpc) is 2.26. The highest BCUT2D eigenvalue weighted by molar-refractivity contribution is 5.07. The molecule has 0 saturated carbocycles. The van der Waals surface area contributed by atoms with Crippen molar-refractivity contribution < 1.29 is 17.9 Å². The lowest BCUT2D eigenvalue weighted by molar-refractivity contribution is -0.190. The van der Waals surface area contributed by atoms with E-state index < -0.39 is 12.3 Å². The summed E-state index contributed by atoms with van der Waals surface area (Å²) in [5.74, 6) is -0.131. The van der Waals surface area contributed by atoms with Gasteiger partial charge in [0.2, 0.25) is 5.88 Å². The Labute approximate surface area is 104 Å². The van der Waals surface area contributed by atoms with Gasteiger partial charge < -0.3 is 10.1 Å². The SMILES string of the molecule is CC(C)NCc1cnc(OC(C)C(F)(F)F)cn1. The predicted octanol–water partition coefficient (Wildman–Crippen LogP) is 2.30. The summed E-state index contributed by atoms with van der Waals surface area (Å²) in [4.78, 5) is 7.75. The maximum absolute atomic E-state index is 12.2. The van der Waals surface area contributed by atoms with Gasteiger partial charge in [0, 0.05) is 12.6 Å². The number of nitrogens with one attached hydrogen (secondary N) is 1. The first-order valence-electron chi connectivity index (χ1n) is 5.56. The van der Waals surface area contributed by atoms with Crippen LogP contribution in [0.1, 0.15) is 26.5 Å². The fourth-order valence-corrected chi connectivity index (χ4v) is 1.05. The van der Waals surface area contributed by atoms with Crippen molar-refractivity contribution in [3.05, 3.63) is 18.1 Å². The summed E-state index contributed by atoms with van der Waals surface area (Å²) in [7, 11) is 0. The molecule has 0 fully saturated rings. The van der Waals surface area contributed by atoms with Crippen LogP contribution >= 0.6 is 0 Å². The first-order valence-corrected chi connectivity index (χ1v) is 5.56. The average molecular weight is 263 g/mol. The van der Waals surface area contributed by atoms with Crippen molar-refractivity contribution in [3.8, 4) is 5.88 Å². The Morgan fingerprint density at radius 1 is 1.22 bits per heavy atom. The normalized spacial score (nSPS) is 13.7. The molecule has 0 aliphatic carbocycles. The lowest BCUT2D eigenvalue weighted by atomic mass is 10.3. The Morgan fingerprint density at radius 3 is 2.33 bits per heavy atom. The number of ether oxygens (including phenoxy) is 1. The Morgan fingerprint density at radius 2 is 1.89 bits per heavy atom. The van der Waals surface area contributed by atoms with Crippen molar-refractivity contribution in [1.82, 2.24) is 15.3 Å². The quantitative estimate of drug-likeness (QED) is 0.885. The van der Waals surface area contributed by atoms with Crippen LogP contribution in [0.15, 0.2) is 12.4 Å². The smallest absolute Gasteiger partial charge is 0.425 e. The molecule has 0 saturated heterocycles. The van der Waals surface area contributed by atoms with Crippen molar-refractivity contribution >= 4 is 0 Å². The van der Waals surface area contributed by atoms with Gasteiger partial charge in [-0.1, -0.05) is 13.8 Å². The summed E-state index contributed by atoms with van der Waals surface area (Å²) < 4.78 is 41.4. The van der Waals surface area contributed by atoms with Gasteiger partial charge in [-0.15, -0.1) is 0 Å². The molecule has 0 aromatic carbocycles. The van der Waals surface area contributed by atoms with Crippen LogP contribution in [0.5, 0.6) is 5.88 Å². The second-order valence-corrected chi connectivity index (χ2v) is 4.18. The lowest BCUT2D eigenvalue weighted by Crippen LogP contribution is -2.31. The van der Waals surface area contributed by atoms with Gasteiger partial charge in [0.25, 0.3) is 0 Å². The summed E-state index contributed by atoms with van der Waals surface area (Å²) >= 11 is 0. The maximum Gasteiger partial charge on any atom is 0.425 e. The molecule has 4 nitrogen and oxygen atoms in total. The minimum absolute atomic E-state index is 0.131. The predicted molar refractivity (Wildman–Crippen MR) is 60.2 cm³/mol. The van der Waals surface area contributed by atoms with E-state index in [1.807, 2.05) is 13.8 Å². The Balaban J connectivity index is 2.55. The van der Waals surface area contributed by atoms with Crippen LogP contribution in [0.2, 0.25) is 0 Å². The first-order chi connectivity index (χ1) is 8.29. The molecular formula is C11H16F3N3O. The maximum atomic E-state index is 12.2. The highest BCUT2D eigenvalue weighted by Gasteiger charge is 2.38. The van der Waals surface area contributed by atoms with Gasteiger partial charge in [0.1, 0.15) is 0 Å². The molecule has 1 aromatic rings. The van der Waals surface area contributed by atoms with E-state index in [2.05, 4.69) is 20.0 Å². The number of alkyl halides is 3. The van der Waals surface area contributed by atoms with Crippen molar-refractivity contribution in [1.29, 1.82) is 0 Å². The Bertz CT molecular complexity index is 365.